The highest BCUT2D eigenvalue weighted by Gasteiger charge is 2.33. The summed E-state index contributed by atoms with van der Waals surface area (Å²) in [5, 5.41) is 2.69. The summed E-state index contributed by atoms with van der Waals surface area (Å²) in [6, 6.07) is 8.14. The first-order valence-corrected chi connectivity index (χ1v) is 6.94. The Labute approximate surface area is 123 Å². The Hall–Kier alpha value is -1.92. The van der Waals surface area contributed by atoms with E-state index in [2.05, 4.69) is 5.32 Å². The number of amides is 1. The van der Waals surface area contributed by atoms with E-state index in [9.17, 15) is 9.59 Å². The molecule has 2 rings (SSSR count). The van der Waals surface area contributed by atoms with Crippen LogP contribution in [0.2, 0.25) is 0 Å². The average Bonchev–Trinajstić information content (AvgIpc) is 3.01. The van der Waals surface area contributed by atoms with Gasteiger partial charge in [-0.25, -0.2) is 4.79 Å². The third kappa shape index (κ3) is 3.80. The summed E-state index contributed by atoms with van der Waals surface area (Å²) in [7, 11) is 1.29. The van der Waals surface area contributed by atoms with Gasteiger partial charge in [0.25, 0.3) is 0 Å². The van der Waals surface area contributed by atoms with Crippen LogP contribution < -0.4 is 11.1 Å². The summed E-state index contributed by atoms with van der Waals surface area (Å²) in [5.74, 6) is -0.826. The zero-order valence-electron chi connectivity index (χ0n) is 12.0. The molecule has 1 fully saturated rings. The zero-order valence-corrected chi connectivity index (χ0v) is 12.0. The highest BCUT2D eigenvalue weighted by atomic mass is 16.5. The van der Waals surface area contributed by atoms with Crippen molar-refractivity contribution in [1.82, 2.24) is 5.32 Å². The second kappa shape index (κ2) is 7.19. The predicted molar refractivity (Wildman–Crippen MR) is 76.3 cm³/mol. The van der Waals surface area contributed by atoms with E-state index in [0.717, 1.165) is 6.42 Å². The molecule has 0 bridgehead atoms. The second-order valence-electron chi connectivity index (χ2n) is 4.94. The number of esters is 1. The normalized spacial score (nSPS) is 22.6. The Kier molecular flexibility index (Phi) is 5.30. The van der Waals surface area contributed by atoms with Crippen LogP contribution in [0.1, 0.15) is 24.4 Å². The molecule has 1 amide bonds. The van der Waals surface area contributed by atoms with Crippen LogP contribution in [0, 0.1) is 0 Å². The molecular formula is C15H20N2O4. The molecule has 0 spiro atoms. The van der Waals surface area contributed by atoms with Gasteiger partial charge in [0.1, 0.15) is 6.10 Å². The lowest BCUT2D eigenvalue weighted by molar-refractivity contribution is -0.147. The van der Waals surface area contributed by atoms with Crippen molar-refractivity contribution in [3.8, 4) is 0 Å². The minimum atomic E-state index is -0.829. The molecule has 3 unspecified atom stereocenters. The van der Waals surface area contributed by atoms with Crippen LogP contribution in [0.25, 0.3) is 0 Å². The molecule has 0 saturated carbocycles. The molecule has 0 aliphatic carbocycles. The fourth-order valence-electron chi connectivity index (χ4n) is 2.35. The molecule has 114 valence electrons. The van der Waals surface area contributed by atoms with Gasteiger partial charge in [-0.3, -0.25) is 4.79 Å². The fraction of sp³-hybridized carbons (Fsp3) is 0.467. The molecule has 3 atom stereocenters. The highest BCUT2D eigenvalue weighted by molar-refractivity contribution is 5.87. The van der Waals surface area contributed by atoms with E-state index in [0.29, 0.717) is 18.5 Å². The SMILES string of the molecule is COC(=O)C(NC(=O)C1CCC(CN)O1)c1ccccc1. The Morgan fingerprint density at radius 1 is 1.38 bits per heavy atom. The summed E-state index contributed by atoms with van der Waals surface area (Å²) in [4.78, 5) is 24.1. The van der Waals surface area contributed by atoms with Crippen molar-refractivity contribution in [2.24, 2.45) is 5.73 Å². The van der Waals surface area contributed by atoms with Gasteiger partial charge < -0.3 is 20.5 Å². The van der Waals surface area contributed by atoms with Crippen molar-refractivity contribution >= 4 is 11.9 Å². The van der Waals surface area contributed by atoms with Crippen LogP contribution in [0.4, 0.5) is 0 Å². The molecule has 1 aliphatic rings. The van der Waals surface area contributed by atoms with Crippen LogP contribution >= 0.6 is 0 Å². The minimum absolute atomic E-state index is 0.0888. The van der Waals surface area contributed by atoms with Crippen LogP contribution in [-0.2, 0) is 19.1 Å². The van der Waals surface area contributed by atoms with Gasteiger partial charge in [-0.1, -0.05) is 30.3 Å². The number of carbonyl (C=O) groups is 2. The number of hydrogen-bond acceptors (Lipinski definition) is 5. The summed E-state index contributed by atoms with van der Waals surface area (Å²) in [6.45, 7) is 0.392. The molecular weight excluding hydrogens is 272 g/mol. The van der Waals surface area contributed by atoms with E-state index < -0.39 is 18.1 Å². The molecule has 1 aromatic rings. The van der Waals surface area contributed by atoms with Crippen LogP contribution in [0.3, 0.4) is 0 Å². The number of carbonyl (C=O) groups excluding carboxylic acids is 2. The molecule has 0 aromatic heterocycles. The summed E-state index contributed by atoms with van der Waals surface area (Å²) in [5.41, 5.74) is 6.20. The van der Waals surface area contributed by atoms with E-state index in [-0.39, 0.29) is 12.0 Å². The van der Waals surface area contributed by atoms with E-state index in [1.807, 2.05) is 6.07 Å². The topological polar surface area (TPSA) is 90.7 Å². The van der Waals surface area contributed by atoms with Crippen molar-refractivity contribution in [1.29, 1.82) is 0 Å². The number of methoxy groups -OCH3 is 1. The third-order valence-electron chi connectivity index (χ3n) is 3.52. The van der Waals surface area contributed by atoms with Crippen molar-refractivity contribution in [2.75, 3.05) is 13.7 Å². The minimum Gasteiger partial charge on any atom is -0.467 e. The number of nitrogens with one attached hydrogen (secondary N) is 1. The molecule has 1 aliphatic heterocycles. The molecule has 6 nitrogen and oxygen atoms in total. The third-order valence-corrected chi connectivity index (χ3v) is 3.52. The van der Waals surface area contributed by atoms with Crippen LogP contribution in [0.15, 0.2) is 30.3 Å². The highest BCUT2D eigenvalue weighted by Crippen LogP contribution is 2.21. The lowest BCUT2D eigenvalue weighted by Crippen LogP contribution is -2.41. The van der Waals surface area contributed by atoms with Gasteiger partial charge in [-0.15, -0.1) is 0 Å². The Balaban J connectivity index is 2.06. The lowest BCUT2D eigenvalue weighted by Gasteiger charge is -2.19. The van der Waals surface area contributed by atoms with Crippen molar-refractivity contribution in [2.45, 2.75) is 31.1 Å². The zero-order chi connectivity index (χ0) is 15.2. The molecule has 1 aromatic carbocycles. The number of ether oxygens (including phenoxy) is 2. The number of hydrogen-bond donors (Lipinski definition) is 2. The maximum Gasteiger partial charge on any atom is 0.333 e. The van der Waals surface area contributed by atoms with Gasteiger partial charge >= 0.3 is 5.97 Å². The first kappa shape index (κ1) is 15.5. The van der Waals surface area contributed by atoms with Gasteiger partial charge in [0, 0.05) is 6.54 Å². The fourth-order valence-corrected chi connectivity index (χ4v) is 2.35. The van der Waals surface area contributed by atoms with Gasteiger partial charge in [0.05, 0.1) is 13.2 Å². The monoisotopic (exact) mass is 292 g/mol. The molecule has 1 heterocycles. The summed E-state index contributed by atoms with van der Waals surface area (Å²) >= 11 is 0. The van der Waals surface area contributed by atoms with E-state index in [1.165, 1.54) is 7.11 Å². The second-order valence-corrected chi connectivity index (χ2v) is 4.94. The van der Waals surface area contributed by atoms with Gasteiger partial charge in [0.2, 0.25) is 5.91 Å². The Bertz CT molecular complexity index is 492. The maximum atomic E-state index is 12.2. The van der Waals surface area contributed by atoms with Crippen molar-refractivity contribution in [3.05, 3.63) is 35.9 Å². The molecule has 0 radical (unpaired) electrons. The van der Waals surface area contributed by atoms with E-state index in [4.69, 9.17) is 15.2 Å². The first-order chi connectivity index (χ1) is 10.2. The van der Waals surface area contributed by atoms with Crippen LogP contribution in [-0.4, -0.2) is 37.7 Å². The predicted octanol–water partition coefficient (Wildman–Crippen LogP) is 0.523. The lowest BCUT2D eigenvalue weighted by atomic mass is 10.1. The quantitative estimate of drug-likeness (QED) is 0.772. The number of nitrogens with two attached hydrogens (primary N) is 1. The van der Waals surface area contributed by atoms with E-state index in [1.54, 1.807) is 24.3 Å². The Morgan fingerprint density at radius 3 is 2.67 bits per heavy atom. The number of rotatable bonds is 5. The largest absolute Gasteiger partial charge is 0.467 e. The molecule has 6 heteroatoms. The molecule has 3 N–H and O–H groups in total. The maximum absolute atomic E-state index is 12.2. The van der Waals surface area contributed by atoms with E-state index >= 15 is 0 Å². The number of benzene rings is 1. The summed E-state index contributed by atoms with van der Waals surface area (Å²) in [6.07, 6.45) is 0.711. The average molecular weight is 292 g/mol. The van der Waals surface area contributed by atoms with Crippen LogP contribution in [0.5, 0.6) is 0 Å². The van der Waals surface area contributed by atoms with Gasteiger partial charge in [-0.05, 0) is 18.4 Å². The Morgan fingerprint density at radius 2 is 2.10 bits per heavy atom. The molecule has 1 saturated heterocycles. The smallest absolute Gasteiger partial charge is 0.333 e. The van der Waals surface area contributed by atoms with Crippen molar-refractivity contribution < 1.29 is 19.1 Å². The molecule has 21 heavy (non-hydrogen) atoms. The standard InChI is InChI=1S/C15H20N2O4/c1-20-15(19)13(10-5-3-2-4-6-10)17-14(18)12-8-7-11(9-16)21-12/h2-6,11-13H,7-9,16H2,1H3,(H,17,18). The van der Waals surface area contributed by atoms with Gasteiger partial charge in [-0.2, -0.15) is 0 Å². The van der Waals surface area contributed by atoms with Crippen molar-refractivity contribution in [3.63, 3.8) is 0 Å². The van der Waals surface area contributed by atoms with Gasteiger partial charge in [0.15, 0.2) is 6.04 Å². The summed E-state index contributed by atoms with van der Waals surface area (Å²) < 4.78 is 10.3. The first-order valence-electron chi connectivity index (χ1n) is 6.94.